The van der Waals surface area contributed by atoms with Crippen LogP contribution in [0.4, 0.5) is 5.69 Å². The van der Waals surface area contributed by atoms with Crippen LogP contribution >= 0.6 is 11.3 Å². The molecule has 1 saturated carbocycles. The molecule has 1 amide bonds. The van der Waals surface area contributed by atoms with Crippen molar-refractivity contribution in [3.05, 3.63) is 46.7 Å². The first-order chi connectivity index (χ1) is 13.5. The number of anilines is 1. The zero-order chi connectivity index (χ0) is 19.4. The zero-order valence-electron chi connectivity index (χ0n) is 16.1. The van der Waals surface area contributed by atoms with Crippen LogP contribution in [-0.4, -0.2) is 25.7 Å². The number of carbonyl (C=O) groups is 1. The quantitative estimate of drug-likeness (QED) is 0.528. The van der Waals surface area contributed by atoms with Crippen molar-refractivity contribution < 1.29 is 4.79 Å². The molecule has 4 aromatic rings. The summed E-state index contributed by atoms with van der Waals surface area (Å²) in [5.74, 6) is 0.334. The number of rotatable bonds is 4. The first kappa shape index (κ1) is 17.3. The molecule has 3 aromatic heterocycles. The van der Waals surface area contributed by atoms with E-state index in [1.54, 1.807) is 17.5 Å². The highest BCUT2D eigenvalue weighted by Crippen LogP contribution is 2.40. The molecule has 1 fully saturated rings. The van der Waals surface area contributed by atoms with Crippen molar-refractivity contribution in [2.75, 3.05) is 5.32 Å². The summed E-state index contributed by atoms with van der Waals surface area (Å²) >= 11 is 1.63. The first-order valence-corrected chi connectivity index (χ1v) is 10.4. The number of thiazole rings is 1. The Bertz CT molecular complexity index is 1220. The SMILES string of the molecule is Cc1nc2ccc(NC(=O)c3cc(C4CC4)nc4c3cnn4C(C)C)cc2s1. The highest BCUT2D eigenvalue weighted by atomic mass is 32.1. The lowest BCUT2D eigenvalue weighted by Crippen LogP contribution is -2.13. The molecule has 1 aliphatic carbocycles. The van der Waals surface area contributed by atoms with Crippen LogP contribution in [0.1, 0.15) is 59.7 Å². The molecule has 1 aromatic carbocycles. The monoisotopic (exact) mass is 391 g/mol. The van der Waals surface area contributed by atoms with E-state index in [4.69, 9.17) is 4.98 Å². The van der Waals surface area contributed by atoms with Crippen molar-refractivity contribution in [2.24, 2.45) is 0 Å². The molecule has 0 radical (unpaired) electrons. The maximum Gasteiger partial charge on any atom is 0.256 e. The molecular formula is C21H21N5OS. The number of hydrogen-bond donors (Lipinski definition) is 1. The van der Waals surface area contributed by atoms with Gasteiger partial charge >= 0.3 is 0 Å². The molecule has 1 aliphatic rings. The van der Waals surface area contributed by atoms with E-state index in [9.17, 15) is 4.79 Å². The van der Waals surface area contributed by atoms with Crippen molar-refractivity contribution in [3.63, 3.8) is 0 Å². The summed E-state index contributed by atoms with van der Waals surface area (Å²) in [6, 6.07) is 7.96. The molecule has 0 atom stereocenters. The number of pyridine rings is 1. The number of nitrogens with zero attached hydrogens (tertiary/aromatic N) is 4. The fourth-order valence-electron chi connectivity index (χ4n) is 3.51. The number of aryl methyl sites for hydroxylation is 1. The molecule has 0 saturated heterocycles. The third-order valence-corrected chi connectivity index (χ3v) is 6.00. The van der Waals surface area contributed by atoms with Crippen LogP contribution in [0.15, 0.2) is 30.5 Å². The number of hydrogen-bond acceptors (Lipinski definition) is 5. The van der Waals surface area contributed by atoms with Crippen LogP contribution in [0.5, 0.6) is 0 Å². The van der Waals surface area contributed by atoms with Crippen molar-refractivity contribution in [2.45, 2.75) is 45.6 Å². The second-order valence-corrected chi connectivity index (χ2v) is 8.89. The van der Waals surface area contributed by atoms with E-state index in [2.05, 4.69) is 29.2 Å². The van der Waals surface area contributed by atoms with Gasteiger partial charge in [0.05, 0.1) is 32.4 Å². The average Bonchev–Trinajstić information content (AvgIpc) is 3.30. The Kier molecular flexibility index (Phi) is 3.94. The Morgan fingerprint density at radius 1 is 1.25 bits per heavy atom. The summed E-state index contributed by atoms with van der Waals surface area (Å²) in [6.45, 7) is 6.14. The van der Waals surface area contributed by atoms with Crippen molar-refractivity contribution in [1.29, 1.82) is 0 Å². The highest BCUT2D eigenvalue weighted by molar-refractivity contribution is 7.18. The molecule has 142 valence electrons. The lowest BCUT2D eigenvalue weighted by molar-refractivity contribution is 0.102. The minimum atomic E-state index is -0.127. The first-order valence-electron chi connectivity index (χ1n) is 9.56. The average molecular weight is 392 g/mol. The molecule has 0 spiro atoms. The van der Waals surface area contributed by atoms with Crippen LogP contribution in [0, 0.1) is 6.92 Å². The molecule has 0 unspecified atom stereocenters. The Labute approximate surface area is 166 Å². The lowest BCUT2D eigenvalue weighted by atomic mass is 10.1. The Hall–Kier alpha value is -2.80. The summed E-state index contributed by atoms with van der Waals surface area (Å²) < 4.78 is 2.96. The zero-order valence-corrected chi connectivity index (χ0v) is 16.9. The fraction of sp³-hybridized carbons (Fsp3) is 0.333. The third kappa shape index (κ3) is 2.96. The Balaban J connectivity index is 1.55. The van der Waals surface area contributed by atoms with Gasteiger partial charge in [0.1, 0.15) is 0 Å². The summed E-state index contributed by atoms with van der Waals surface area (Å²) in [5.41, 5.74) is 4.16. The molecule has 1 N–H and O–H groups in total. The molecule has 28 heavy (non-hydrogen) atoms. The van der Waals surface area contributed by atoms with Crippen molar-refractivity contribution in [3.8, 4) is 0 Å². The van der Waals surface area contributed by atoms with Crippen LogP contribution < -0.4 is 5.32 Å². The number of aromatic nitrogens is 4. The fourth-order valence-corrected chi connectivity index (χ4v) is 4.37. The highest BCUT2D eigenvalue weighted by Gasteiger charge is 2.28. The summed E-state index contributed by atoms with van der Waals surface area (Å²) in [5, 5.41) is 9.34. The maximum atomic E-state index is 13.2. The largest absolute Gasteiger partial charge is 0.322 e. The van der Waals surface area contributed by atoms with E-state index in [0.717, 1.165) is 50.5 Å². The minimum Gasteiger partial charge on any atom is -0.322 e. The minimum absolute atomic E-state index is 0.127. The maximum absolute atomic E-state index is 13.2. The van der Waals surface area contributed by atoms with E-state index in [1.807, 2.05) is 35.9 Å². The van der Waals surface area contributed by atoms with Gasteiger partial charge in [0.15, 0.2) is 5.65 Å². The third-order valence-electron chi connectivity index (χ3n) is 5.07. The van der Waals surface area contributed by atoms with E-state index < -0.39 is 0 Å². The van der Waals surface area contributed by atoms with Gasteiger partial charge in [-0.05, 0) is 57.9 Å². The molecular weight excluding hydrogens is 370 g/mol. The predicted octanol–water partition coefficient (Wildman–Crippen LogP) is 5.06. The van der Waals surface area contributed by atoms with Gasteiger partial charge in [-0.15, -0.1) is 11.3 Å². The molecule has 0 aliphatic heterocycles. The van der Waals surface area contributed by atoms with Crippen molar-refractivity contribution >= 4 is 44.2 Å². The lowest BCUT2D eigenvalue weighted by Gasteiger charge is -2.11. The van der Waals surface area contributed by atoms with Gasteiger partial charge in [0.2, 0.25) is 0 Å². The topological polar surface area (TPSA) is 72.7 Å². The smallest absolute Gasteiger partial charge is 0.256 e. The van der Waals surface area contributed by atoms with Crippen molar-refractivity contribution in [1.82, 2.24) is 19.7 Å². The van der Waals surface area contributed by atoms with Crippen LogP contribution in [0.25, 0.3) is 21.3 Å². The summed E-state index contributed by atoms with van der Waals surface area (Å²) in [6.07, 6.45) is 4.03. The number of carbonyl (C=O) groups excluding carboxylic acids is 1. The van der Waals surface area contributed by atoms with E-state index >= 15 is 0 Å². The molecule has 5 rings (SSSR count). The number of benzene rings is 1. The van der Waals surface area contributed by atoms with Gasteiger partial charge in [-0.1, -0.05) is 0 Å². The summed E-state index contributed by atoms with van der Waals surface area (Å²) in [4.78, 5) is 22.5. The molecule has 3 heterocycles. The standard InChI is InChI=1S/C21H21N5OS/c1-11(2)26-20-16(10-22-26)15(9-18(25-20)13-4-5-13)21(27)24-14-6-7-17-19(8-14)28-12(3)23-17/h6-11,13H,4-5H2,1-3H3,(H,24,27). The summed E-state index contributed by atoms with van der Waals surface area (Å²) in [7, 11) is 0. The van der Waals surface area contributed by atoms with E-state index in [-0.39, 0.29) is 11.9 Å². The number of amides is 1. The Morgan fingerprint density at radius 2 is 2.07 bits per heavy atom. The number of fused-ring (bicyclic) bond motifs is 2. The van der Waals surface area contributed by atoms with Gasteiger partial charge in [0.25, 0.3) is 5.91 Å². The van der Waals surface area contributed by atoms with Gasteiger partial charge < -0.3 is 5.32 Å². The normalized spacial score (nSPS) is 14.3. The van der Waals surface area contributed by atoms with Crippen LogP contribution in [0.2, 0.25) is 0 Å². The Morgan fingerprint density at radius 3 is 2.82 bits per heavy atom. The van der Waals surface area contributed by atoms with Gasteiger partial charge in [-0.3, -0.25) is 4.79 Å². The predicted molar refractivity (Wildman–Crippen MR) is 112 cm³/mol. The van der Waals surface area contributed by atoms with Gasteiger partial charge in [0, 0.05) is 23.3 Å². The molecule has 6 nitrogen and oxygen atoms in total. The second kappa shape index (κ2) is 6.38. The van der Waals surface area contributed by atoms with Gasteiger partial charge in [-0.25, -0.2) is 14.6 Å². The van der Waals surface area contributed by atoms with E-state index in [0.29, 0.717) is 11.5 Å². The number of nitrogens with one attached hydrogen (secondary N) is 1. The van der Waals surface area contributed by atoms with Crippen LogP contribution in [0.3, 0.4) is 0 Å². The molecule has 0 bridgehead atoms. The van der Waals surface area contributed by atoms with Gasteiger partial charge in [-0.2, -0.15) is 5.10 Å². The molecule has 7 heteroatoms. The second-order valence-electron chi connectivity index (χ2n) is 7.66. The van der Waals surface area contributed by atoms with E-state index in [1.165, 1.54) is 0 Å². The van der Waals surface area contributed by atoms with Crippen LogP contribution in [-0.2, 0) is 0 Å².